The van der Waals surface area contributed by atoms with Crippen LogP contribution in [0, 0.1) is 0 Å². The molecule has 1 aromatic rings. The molecule has 0 amide bonds. The molecule has 1 saturated carbocycles. The first-order valence-corrected chi connectivity index (χ1v) is 7.34. The molecule has 0 radical (unpaired) electrons. The lowest BCUT2D eigenvalue weighted by atomic mass is 9.72. The molecule has 2 heteroatoms. The number of fused-ring (bicyclic) bond motifs is 1. The maximum atomic E-state index is 10.3. The second-order valence-electron chi connectivity index (χ2n) is 6.02. The highest BCUT2D eigenvalue weighted by molar-refractivity contribution is 5.49. The molecule has 2 aliphatic rings. The van der Waals surface area contributed by atoms with Crippen molar-refractivity contribution in [2.45, 2.75) is 63.3 Å². The van der Waals surface area contributed by atoms with Gasteiger partial charge in [0.05, 0.1) is 0 Å². The van der Waals surface area contributed by atoms with Crippen LogP contribution in [-0.2, 0) is 18.4 Å². The SMILES string of the molecule is NC1(c2c(O)ccc3c2CCCC3)CCCCC1. The van der Waals surface area contributed by atoms with Crippen LogP contribution in [0.1, 0.15) is 61.6 Å². The van der Waals surface area contributed by atoms with Gasteiger partial charge in [0.2, 0.25) is 0 Å². The van der Waals surface area contributed by atoms with Gasteiger partial charge in [0, 0.05) is 11.1 Å². The van der Waals surface area contributed by atoms with Crippen molar-refractivity contribution in [2.75, 3.05) is 0 Å². The minimum absolute atomic E-state index is 0.273. The minimum Gasteiger partial charge on any atom is -0.508 e. The Balaban J connectivity index is 2.09. The summed E-state index contributed by atoms with van der Waals surface area (Å²) in [6.07, 6.45) is 10.5. The summed E-state index contributed by atoms with van der Waals surface area (Å²) in [6, 6.07) is 3.96. The van der Waals surface area contributed by atoms with Crippen LogP contribution in [0.15, 0.2) is 12.1 Å². The first-order chi connectivity index (χ1) is 8.71. The van der Waals surface area contributed by atoms with Crippen LogP contribution >= 0.6 is 0 Å². The standard InChI is InChI=1S/C16H23NO/c17-16(10-4-1-5-11-16)15-13-7-3-2-6-12(13)8-9-14(15)18/h8-9,18H,1-7,10-11,17H2. The zero-order valence-corrected chi connectivity index (χ0v) is 11.0. The van der Waals surface area contributed by atoms with E-state index in [0.717, 1.165) is 31.2 Å². The zero-order chi connectivity index (χ0) is 12.6. The van der Waals surface area contributed by atoms with E-state index in [1.165, 1.54) is 43.2 Å². The number of hydrogen-bond donors (Lipinski definition) is 2. The molecule has 0 heterocycles. The average molecular weight is 245 g/mol. The number of rotatable bonds is 1. The van der Waals surface area contributed by atoms with Crippen LogP contribution in [0.4, 0.5) is 0 Å². The maximum absolute atomic E-state index is 10.3. The van der Waals surface area contributed by atoms with Crippen LogP contribution in [-0.4, -0.2) is 5.11 Å². The molecule has 0 aliphatic heterocycles. The largest absolute Gasteiger partial charge is 0.508 e. The molecule has 3 rings (SSSR count). The summed E-state index contributed by atoms with van der Waals surface area (Å²) in [5.41, 5.74) is 10.2. The van der Waals surface area contributed by atoms with Crippen LogP contribution < -0.4 is 5.73 Å². The molecular weight excluding hydrogens is 222 g/mol. The van der Waals surface area contributed by atoms with Crippen LogP contribution in [0.3, 0.4) is 0 Å². The van der Waals surface area contributed by atoms with Gasteiger partial charge in [-0.15, -0.1) is 0 Å². The molecule has 0 unspecified atom stereocenters. The topological polar surface area (TPSA) is 46.2 Å². The van der Waals surface area contributed by atoms with Crippen LogP contribution in [0.5, 0.6) is 5.75 Å². The summed E-state index contributed by atoms with van der Waals surface area (Å²) in [5, 5.41) is 10.3. The molecule has 18 heavy (non-hydrogen) atoms. The highest BCUT2D eigenvalue weighted by Crippen LogP contribution is 2.43. The van der Waals surface area contributed by atoms with E-state index in [1.807, 2.05) is 6.07 Å². The summed E-state index contributed by atoms with van der Waals surface area (Å²) in [5.74, 6) is 0.431. The van der Waals surface area contributed by atoms with Crippen molar-refractivity contribution in [3.63, 3.8) is 0 Å². The second kappa shape index (κ2) is 4.58. The molecule has 3 N–H and O–H groups in total. The predicted molar refractivity (Wildman–Crippen MR) is 73.7 cm³/mol. The number of hydrogen-bond acceptors (Lipinski definition) is 2. The lowest BCUT2D eigenvalue weighted by Crippen LogP contribution is -2.40. The molecule has 2 aliphatic carbocycles. The van der Waals surface area contributed by atoms with Gasteiger partial charge >= 0.3 is 0 Å². The fraction of sp³-hybridized carbons (Fsp3) is 0.625. The summed E-state index contributed by atoms with van der Waals surface area (Å²) in [6.45, 7) is 0. The molecular formula is C16H23NO. The highest BCUT2D eigenvalue weighted by atomic mass is 16.3. The lowest BCUT2D eigenvalue weighted by molar-refractivity contribution is 0.289. The van der Waals surface area contributed by atoms with Gasteiger partial charge in [-0.2, -0.15) is 0 Å². The van der Waals surface area contributed by atoms with Gasteiger partial charge in [-0.1, -0.05) is 25.3 Å². The smallest absolute Gasteiger partial charge is 0.120 e. The Morgan fingerprint density at radius 3 is 2.44 bits per heavy atom. The van der Waals surface area contributed by atoms with E-state index < -0.39 is 0 Å². The Hall–Kier alpha value is -1.02. The van der Waals surface area contributed by atoms with Gasteiger partial charge in [0.15, 0.2) is 0 Å². The van der Waals surface area contributed by atoms with Crippen molar-refractivity contribution in [3.05, 3.63) is 28.8 Å². The fourth-order valence-corrected chi connectivity index (χ4v) is 3.80. The molecule has 2 nitrogen and oxygen atoms in total. The molecule has 98 valence electrons. The molecule has 1 fully saturated rings. The molecule has 1 aromatic carbocycles. The molecule has 0 spiro atoms. The van der Waals surface area contributed by atoms with E-state index >= 15 is 0 Å². The quantitative estimate of drug-likeness (QED) is 0.796. The molecule has 0 atom stereocenters. The summed E-state index contributed by atoms with van der Waals surface area (Å²) >= 11 is 0. The Labute approximate surface area is 109 Å². The van der Waals surface area contributed by atoms with Gasteiger partial charge in [0.25, 0.3) is 0 Å². The molecule has 0 aromatic heterocycles. The van der Waals surface area contributed by atoms with Crippen molar-refractivity contribution in [2.24, 2.45) is 5.73 Å². The third kappa shape index (κ3) is 1.93. The monoisotopic (exact) mass is 245 g/mol. The first-order valence-electron chi connectivity index (χ1n) is 7.34. The van der Waals surface area contributed by atoms with Crippen LogP contribution in [0.25, 0.3) is 0 Å². The Bertz CT molecular complexity index is 447. The predicted octanol–water partition coefficient (Wildman–Crippen LogP) is 3.39. The van der Waals surface area contributed by atoms with Gasteiger partial charge in [-0.3, -0.25) is 0 Å². The van der Waals surface area contributed by atoms with Gasteiger partial charge in [-0.05, 0) is 55.7 Å². The van der Waals surface area contributed by atoms with Gasteiger partial charge in [-0.25, -0.2) is 0 Å². The molecule has 0 saturated heterocycles. The maximum Gasteiger partial charge on any atom is 0.120 e. The summed E-state index contributed by atoms with van der Waals surface area (Å²) in [4.78, 5) is 0. The first kappa shape index (κ1) is 12.0. The average Bonchev–Trinajstić information content (AvgIpc) is 2.39. The van der Waals surface area contributed by atoms with Crippen molar-refractivity contribution in [1.29, 1.82) is 0 Å². The van der Waals surface area contributed by atoms with Crippen molar-refractivity contribution in [3.8, 4) is 5.75 Å². The number of phenols is 1. The minimum atomic E-state index is -0.273. The number of benzene rings is 1. The Morgan fingerprint density at radius 2 is 1.67 bits per heavy atom. The van der Waals surface area contributed by atoms with E-state index in [4.69, 9.17) is 5.73 Å². The molecule has 0 bridgehead atoms. The van der Waals surface area contributed by atoms with E-state index in [-0.39, 0.29) is 5.54 Å². The normalized spacial score (nSPS) is 22.5. The Kier molecular flexibility index (Phi) is 3.06. The summed E-state index contributed by atoms with van der Waals surface area (Å²) in [7, 11) is 0. The number of aromatic hydroxyl groups is 1. The van der Waals surface area contributed by atoms with Gasteiger partial charge < -0.3 is 10.8 Å². The van der Waals surface area contributed by atoms with Crippen molar-refractivity contribution < 1.29 is 5.11 Å². The third-order valence-corrected chi connectivity index (χ3v) is 4.75. The second-order valence-corrected chi connectivity index (χ2v) is 6.02. The van der Waals surface area contributed by atoms with Crippen molar-refractivity contribution in [1.82, 2.24) is 0 Å². The van der Waals surface area contributed by atoms with Gasteiger partial charge in [0.1, 0.15) is 5.75 Å². The zero-order valence-electron chi connectivity index (χ0n) is 11.0. The van der Waals surface area contributed by atoms with E-state index in [2.05, 4.69) is 6.07 Å². The van der Waals surface area contributed by atoms with E-state index in [1.54, 1.807) is 0 Å². The van der Waals surface area contributed by atoms with Crippen LogP contribution in [0.2, 0.25) is 0 Å². The fourth-order valence-electron chi connectivity index (χ4n) is 3.80. The van der Waals surface area contributed by atoms with Crippen molar-refractivity contribution >= 4 is 0 Å². The third-order valence-electron chi connectivity index (χ3n) is 4.75. The van der Waals surface area contributed by atoms with E-state index in [9.17, 15) is 5.11 Å². The number of nitrogens with two attached hydrogens (primary N) is 1. The number of aryl methyl sites for hydroxylation is 1. The number of phenolic OH excluding ortho intramolecular Hbond substituents is 1. The van der Waals surface area contributed by atoms with E-state index in [0.29, 0.717) is 5.75 Å². The summed E-state index contributed by atoms with van der Waals surface area (Å²) < 4.78 is 0. The Morgan fingerprint density at radius 1 is 0.944 bits per heavy atom. The highest BCUT2D eigenvalue weighted by Gasteiger charge is 2.35. The lowest BCUT2D eigenvalue weighted by Gasteiger charge is -2.37.